The number of carbonyl (C=O) groups is 2. The van der Waals surface area contributed by atoms with E-state index in [9.17, 15) is 22.8 Å². The molecule has 5 rings (SSSR count). The van der Waals surface area contributed by atoms with E-state index in [4.69, 9.17) is 0 Å². The van der Waals surface area contributed by atoms with Crippen LogP contribution in [0.5, 0.6) is 0 Å². The number of hydrogen-bond donors (Lipinski definition) is 1. The van der Waals surface area contributed by atoms with Gasteiger partial charge in [0.25, 0.3) is 11.8 Å². The minimum atomic E-state index is -4.56. The van der Waals surface area contributed by atoms with Crippen molar-refractivity contribution < 1.29 is 22.8 Å². The molecule has 3 aromatic rings. The number of carbonyl (C=O) groups excluding carboxylic acids is 2. The molecular weight excluding hydrogens is 525 g/mol. The molecule has 0 unspecified atom stereocenters. The standard InChI is InChI=1S/C20H18BrF3N6O2S/c21-15-12-1-2-14(20(22,23)24)26-17(12)27-16(15)19(32)30-7-11(8-30)28-3-5-29(6-4-28)18(31)13-9-33-10-25-13/h1-2,9-11H,3-8H2,(H,26,27). The number of hydrogen-bond acceptors (Lipinski definition) is 6. The highest BCUT2D eigenvalue weighted by atomic mass is 79.9. The number of halogens is 4. The molecule has 5 heterocycles. The summed E-state index contributed by atoms with van der Waals surface area (Å²) < 4.78 is 39.2. The summed E-state index contributed by atoms with van der Waals surface area (Å²) in [7, 11) is 0. The van der Waals surface area contributed by atoms with Crippen molar-refractivity contribution >= 4 is 50.1 Å². The zero-order valence-corrected chi connectivity index (χ0v) is 19.5. The largest absolute Gasteiger partial charge is 0.433 e. The van der Waals surface area contributed by atoms with E-state index in [0.29, 0.717) is 54.8 Å². The van der Waals surface area contributed by atoms with Gasteiger partial charge in [0.2, 0.25) is 0 Å². The van der Waals surface area contributed by atoms with Gasteiger partial charge in [0, 0.05) is 56.1 Å². The van der Waals surface area contributed by atoms with E-state index >= 15 is 0 Å². The van der Waals surface area contributed by atoms with Gasteiger partial charge >= 0.3 is 6.18 Å². The Labute approximate surface area is 198 Å². The summed E-state index contributed by atoms with van der Waals surface area (Å²) in [6.45, 7) is 3.65. The van der Waals surface area contributed by atoms with Gasteiger partial charge < -0.3 is 14.8 Å². The van der Waals surface area contributed by atoms with Crippen molar-refractivity contribution in [1.82, 2.24) is 29.7 Å². The Balaban J connectivity index is 1.19. The number of aromatic nitrogens is 3. The SMILES string of the molecule is O=C(c1cscn1)N1CCN(C2CN(C(=O)c3[nH]c4nc(C(F)(F)F)ccc4c3Br)C2)CC1. The van der Waals surface area contributed by atoms with Crippen LogP contribution in [0.1, 0.15) is 26.7 Å². The minimum absolute atomic E-state index is 0.0121. The van der Waals surface area contributed by atoms with Crippen LogP contribution in [0.4, 0.5) is 13.2 Å². The molecule has 0 aliphatic carbocycles. The first kappa shape index (κ1) is 22.3. The number of amides is 2. The zero-order valence-electron chi connectivity index (χ0n) is 17.1. The van der Waals surface area contributed by atoms with Crippen molar-refractivity contribution in [3.05, 3.63) is 44.6 Å². The molecule has 2 aliphatic rings. The molecule has 2 aliphatic heterocycles. The van der Waals surface area contributed by atoms with Crippen LogP contribution in [0.25, 0.3) is 11.0 Å². The van der Waals surface area contributed by atoms with Crippen LogP contribution in [-0.4, -0.2) is 86.8 Å². The summed E-state index contributed by atoms with van der Waals surface area (Å²) in [4.78, 5) is 41.5. The molecule has 3 aromatic heterocycles. The Morgan fingerprint density at radius 2 is 1.82 bits per heavy atom. The van der Waals surface area contributed by atoms with Gasteiger partial charge in [-0.3, -0.25) is 14.5 Å². The van der Waals surface area contributed by atoms with E-state index in [1.54, 1.807) is 20.7 Å². The van der Waals surface area contributed by atoms with Gasteiger partial charge in [-0.2, -0.15) is 13.2 Å². The van der Waals surface area contributed by atoms with Crippen LogP contribution in [-0.2, 0) is 6.18 Å². The predicted octanol–water partition coefficient (Wildman–Crippen LogP) is 3.08. The summed E-state index contributed by atoms with van der Waals surface area (Å²) in [5, 5.41) is 2.16. The Kier molecular flexibility index (Phi) is 5.65. The van der Waals surface area contributed by atoms with E-state index in [1.165, 1.54) is 17.4 Å². The van der Waals surface area contributed by atoms with Crippen LogP contribution in [0, 0.1) is 0 Å². The number of aromatic amines is 1. The normalized spacial score (nSPS) is 18.1. The molecule has 13 heteroatoms. The number of nitrogens with one attached hydrogen (secondary N) is 1. The van der Waals surface area contributed by atoms with E-state index < -0.39 is 11.9 Å². The summed E-state index contributed by atoms with van der Waals surface area (Å²) in [5.74, 6) is -0.353. The topological polar surface area (TPSA) is 85.4 Å². The lowest BCUT2D eigenvalue weighted by Gasteiger charge is -2.48. The Bertz CT molecular complexity index is 1200. The first-order chi connectivity index (χ1) is 15.7. The highest BCUT2D eigenvalue weighted by molar-refractivity contribution is 9.10. The lowest BCUT2D eigenvalue weighted by atomic mass is 10.1. The second kappa shape index (κ2) is 8.37. The van der Waals surface area contributed by atoms with Crippen molar-refractivity contribution in [2.45, 2.75) is 12.2 Å². The van der Waals surface area contributed by atoms with Crippen molar-refractivity contribution in [2.24, 2.45) is 0 Å². The summed E-state index contributed by atoms with van der Waals surface area (Å²) in [6, 6.07) is 2.38. The van der Waals surface area contributed by atoms with Gasteiger partial charge in [-0.25, -0.2) is 9.97 Å². The van der Waals surface area contributed by atoms with Gasteiger partial charge in [0.15, 0.2) is 0 Å². The number of alkyl halides is 3. The first-order valence-corrected chi connectivity index (χ1v) is 11.9. The molecule has 0 atom stereocenters. The van der Waals surface area contributed by atoms with E-state index in [-0.39, 0.29) is 29.2 Å². The van der Waals surface area contributed by atoms with Crippen LogP contribution >= 0.6 is 27.3 Å². The highest BCUT2D eigenvalue weighted by Crippen LogP contribution is 2.33. The summed E-state index contributed by atoms with van der Waals surface area (Å²) in [5.41, 5.74) is 1.29. The third-order valence-electron chi connectivity index (χ3n) is 6.02. The van der Waals surface area contributed by atoms with Gasteiger partial charge in [-0.15, -0.1) is 11.3 Å². The molecule has 33 heavy (non-hydrogen) atoms. The Morgan fingerprint density at radius 1 is 1.09 bits per heavy atom. The molecule has 174 valence electrons. The number of fused-ring (bicyclic) bond motifs is 1. The van der Waals surface area contributed by atoms with Crippen molar-refractivity contribution in [2.75, 3.05) is 39.3 Å². The third kappa shape index (κ3) is 4.13. The summed E-state index contributed by atoms with van der Waals surface area (Å²) >= 11 is 4.71. The Hall–Kier alpha value is -2.51. The number of nitrogens with zero attached hydrogens (tertiary/aromatic N) is 5. The second-order valence-electron chi connectivity index (χ2n) is 7.97. The fraction of sp³-hybridized carbons (Fsp3) is 0.400. The smallest absolute Gasteiger partial charge is 0.335 e. The summed E-state index contributed by atoms with van der Waals surface area (Å²) in [6.07, 6.45) is -4.56. The van der Waals surface area contributed by atoms with E-state index in [2.05, 4.69) is 35.8 Å². The highest BCUT2D eigenvalue weighted by Gasteiger charge is 2.38. The van der Waals surface area contributed by atoms with Crippen molar-refractivity contribution in [3.8, 4) is 0 Å². The second-order valence-corrected chi connectivity index (χ2v) is 9.48. The molecule has 8 nitrogen and oxygen atoms in total. The molecule has 0 spiro atoms. The number of thiazole rings is 1. The van der Waals surface area contributed by atoms with Crippen molar-refractivity contribution in [3.63, 3.8) is 0 Å². The molecule has 0 saturated carbocycles. The fourth-order valence-corrected chi connectivity index (χ4v) is 5.24. The fourth-order valence-electron chi connectivity index (χ4n) is 4.13. The van der Waals surface area contributed by atoms with Crippen molar-refractivity contribution in [1.29, 1.82) is 0 Å². The number of likely N-dealkylation sites (tertiary alicyclic amines) is 1. The molecule has 0 radical (unpaired) electrons. The van der Waals surface area contributed by atoms with Gasteiger partial charge in [0.1, 0.15) is 22.7 Å². The zero-order chi connectivity index (χ0) is 23.3. The third-order valence-corrected chi connectivity index (χ3v) is 7.43. The first-order valence-electron chi connectivity index (χ1n) is 10.2. The Morgan fingerprint density at radius 3 is 2.45 bits per heavy atom. The van der Waals surface area contributed by atoms with Crippen LogP contribution in [0.15, 0.2) is 27.5 Å². The van der Waals surface area contributed by atoms with Crippen LogP contribution in [0.2, 0.25) is 0 Å². The van der Waals surface area contributed by atoms with E-state index in [1.807, 2.05) is 0 Å². The van der Waals surface area contributed by atoms with Crippen LogP contribution < -0.4 is 0 Å². The molecule has 2 saturated heterocycles. The lowest BCUT2D eigenvalue weighted by molar-refractivity contribution is -0.141. The maximum absolute atomic E-state index is 12.9. The number of rotatable bonds is 3. The van der Waals surface area contributed by atoms with E-state index in [0.717, 1.165) is 6.07 Å². The minimum Gasteiger partial charge on any atom is -0.335 e. The molecule has 2 fully saturated rings. The number of piperazine rings is 1. The monoisotopic (exact) mass is 542 g/mol. The maximum atomic E-state index is 12.9. The molecule has 0 aromatic carbocycles. The average molecular weight is 543 g/mol. The quantitative estimate of drug-likeness (QED) is 0.549. The van der Waals surface area contributed by atoms with Crippen LogP contribution in [0.3, 0.4) is 0 Å². The maximum Gasteiger partial charge on any atom is 0.433 e. The molecule has 2 amide bonds. The van der Waals surface area contributed by atoms with Gasteiger partial charge in [0.05, 0.1) is 9.98 Å². The number of pyridine rings is 1. The number of H-pyrrole nitrogens is 1. The molecule has 0 bridgehead atoms. The van der Waals surface area contributed by atoms with Gasteiger partial charge in [-0.05, 0) is 28.1 Å². The molecule has 1 N–H and O–H groups in total. The predicted molar refractivity (Wildman–Crippen MR) is 118 cm³/mol. The average Bonchev–Trinajstić information content (AvgIpc) is 3.40. The van der Waals surface area contributed by atoms with Gasteiger partial charge in [-0.1, -0.05) is 0 Å². The molecular formula is C20H18BrF3N6O2S. The lowest BCUT2D eigenvalue weighted by Crippen LogP contribution is -2.64.